The van der Waals surface area contributed by atoms with Crippen molar-refractivity contribution in [2.75, 3.05) is 24.7 Å². The number of para-hydroxylation sites is 1. The molecule has 2 aromatic rings. The van der Waals surface area contributed by atoms with Crippen molar-refractivity contribution in [1.29, 1.82) is 0 Å². The predicted octanol–water partition coefficient (Wildman–Crippen LogP) is 2.91. The van der Waals surface area contributed by atoms with Crippen LogP contribution < -0.4 is 4.90 Å². The first-order valence-corrected chi connectivity index (χ1v) is 9.74. The van der Waals surface area contributed by atoms with Gasteiger partial charge in [-0.25, -0.2) is 4.79 Å². The molecule has 0 unspecified atom stereocenters. The average molecular weight is 410 g/mol. The Morgan fingerprint density at radius 2 is 1.80 bits per heavy atom. The van der Waals surface area contributed by atoms with E-state index in [1.807, 2.05) is 35.2 Å². The second-order valence-electron chi connectivity index (χ2n) is 7.64. The van der Waals surface area contributed by atoms with Gasteiger partial charge in [-0.1, -0.05) is 30.3 Å². The van der Waals surface area contributed by atoms with E-state index >= 15 is 0 Å². The Kier molecular flexibility index (Phi) is 5.03. The zero-order valence-electron chi connectivity index (χ0n) is 16.3. The molecule has 2 amide bonds. The van der Waals surface area contributed by atoms with E-state index in [2.05, 4.69) is 0 Å². The van der Waals surface area contributed by atoms with E-state index in [1.165, 1.54) is 17.0 Å². The van der Waals surface area contributed by atoms with Gasteiger partial charge in [0.05, 0.1) is 11.6 Å². The molecule has 0 atom stereocenters. The van der Waals surface area contributed by atoms with E-state index in [-0.39, 0.29) is 31.2 Å². The Bertz CT molecular complexity index is 972. The van der Waals surface area contributed by atoms with Crippen LogP contribution in [-0.4, -0.2) is 57.1 Å². The number of nitro benzene ring substituents is 1. The van der Waals surface area contributed by atoms with Crippen LogP contribution in [0.15, 0.2) is 54.6 Å². The molecule has 2 heterocycles. The summed E-state index contributed by atoms with van der Waals surface area (Å²) in [6.45, 7) is 1.18. The lowest BCUT2D eigenvalue weighted by atomic mass is 9.85. The number of piperidine rings is 1. The minimum Gasteiger partial charge on any atom is -0.465 e. The summed E-state index contributed by atoms with van der Waals surface area (Å²) < 4.78 is 0. The third-order valence-electron chi connectivity index (χ3n) is 5.94. The molecule has 0 bridgehead atoms. The Hall–Kier alpha value is -3.62. The molecule has 2 fully saturated rings. The van der Waals surface area contributed by atoms with Gasteiger partial charge in [-0.15, -0.1) is 0 Å². The van der Waals surface area contributed by atoms with Gasteiger partial charge in [-0.05, 0) is 30.5 Å². The van der Waals surface area contributed by atoms with Crippen LogP contribution in [0, 0.1) is 10.1 Å². The van der Waals surface area contributed by atoms with Crippen molar-refractivity contribution in [3.63, 3.8) is 0 Å². The molecule has 0 aliphatic carbocycles. The normalized spacial score (nSPS) is 18.1. The fourth-order valence-electron chi connectivity index (χ4n) is 4.38. The third kappa shape index (κ3) is 3.42. The second-order valence-corrected chi connectivity index (χ2v) is 7.64. The zero-order valence-corrected chi connectivity index (χ0v) is 16.3. The van der Waals surface area contributed by atoms with Gasteiger partial charge in [0.2, 0.25) is 5.91 Å². The number of hydrogen-bond acceptors (Lipinski definition) is 5. The number of amides is 2. The maximum absolute atomic E-state index is 13.6. The van der Waals surface area contributed by atoms with Crippen molar-refractivity contribution in [1.82, 2.24) is 9.80 Å². The molecule has 1 N–H and O–H groups in total. The van der Waals surface area contributed by atoms with Gasteiger partial charge >= 0.3 is 6.09 Å². The molecule has 9 nitrogen and oxygen atoms in total. The molecule has 2 aliphatic rings. The van der Waals surface area contributed by atoms with E-state index < -0.39 is 16.6 Å². The van der Waals surface area contributed by atoms with Gasteiger partial charge in [0.1, 0.15) is 5.54 Å². The highest BCUT2D eigenvalue weighted by atomic mass is 16.6. The number of anilines is 1. The highest BCUT2D eigenvalue weighted by Gasteiger charge is 2.54. The number of carboxylic acid groups (broad SMARTS) is 1. The van der Waals surface area contributed by atoms with Crippen LogP contribution in [0.1, 0.15) is 18.4 Å². The minimum atomic E-state index is -0.977. The topological polar surface area (TPSA) is 107 Å². The van der Waals surface area contributed by atoms with Gasteiger partial charge in [-0.3, -0.25) is 14.9 Å². The molecule has 30 heavy (non-hydrogen) atoms. The summed E-state index contributed by atoms with van der Waals surface area (Å²) in [5, 5.41) is 20.4. The summed E-state index contributed by atoms with van der Waals surface area (Å²) in [5.41, 5.74) is 0.763. The summed E-state index contributed by atoms with van der Waals surface area (Å²) in [6, 6.07) is 15.9. The van der Waals surface area contributed by atoms with E-state index in [1.54, 1.807) is 17.0 Å². The number of rotatable bonds is 4. The van der Waals surface area contributed by atoms with Crippen molar-refractivity contribution < 1.29 is 19.6 Å². The highest BCUT2D eigenvalue weighted by Crippen LogP contribution is 2.40. The maximum Gasteiger partial charge on any atom is 0.407 e. The van der Waals surface area contributed by atoms with E-state index in [0.29, 0.717) is 25.1 Å². The molecular formula is C21H22N4O5. The molecule has 9 heteroatoms. The molecule has 2 aliphatic heterocycles. The van der Waals surface area contributed by atoms with Crippen LogP contribution in [0.25, 0.3) is 0 Å². The van der Waals surface area contributed by atoms with Crippen molar-refractivity contribution in [3.05, 3.63) is 70.3 Å². The summed E-state index contributed by atoms with van der Waals surface area (Å²) in [5.74, 6) is -0.0668. The maximum atomic E-state index is 13.6. The largest absolute Gasteiger partial charge is 0.465 e. The number of carbonyl (C=O) groups is 2. The lowest BCUT2D eigenvalue weighted by molar-refractivity contribution is -0.384. The van der Waals surface area contributed by atoms with E-state index in [0.717, 1.165) is 5.69 Å². The van der Waals surface area contributed by atoms with Crippen LogP contribution in [0.5, 0.6) is 0 Å². The van der Waals surface area contributed by atoms with Gasteiger partial charge in [0.25, 0.3) is 5.69 Å². The molecule has 0 saturated carbocycles. The first-order valence-electron chi connectivity index (χ1n) is 9.74. The standard InChI is InChI=1S/C21H22N4O5/c26-19-21(9-11-22(12-10-21)20(27)28)24(17-6-2-1-3-7-17)15-23(19)14-16-5-4-8-18(13-16)25(29)30/h1-8,13H,9-12,14-15H2,(H,27,28). The number of non-ortho nitro benzene ring substituents is 1. The van der Waals surface area contributed by atoms with Crippen LogP contribution in [-0.2, 0) is 11.3 Å². The van der Waals surface area contributed by atoms with Crippen LogP contribution in [0.4, 0.5) is 16.2 Å². The van der Waals surface area contributed by atoms with Gasteiger partial charge in [0, 0.05) is 37.5 Å². The molecular weight excluding hydrogens is 388 g/mol. The number of carbonyl (C=O) groups excluding carboxylic acids is 1. The fourth-order valence-corrected chi connectivity index (χ4v) is 4.38. The summed E-state index contributed by atoms with van der Waals surface area (Å²) in [7, 11) is 0. The fraction of sp³-hybridized carbons (Fsp3) is 0.333. The second kappa shape index (κ2) is 7.66. The van der Waals surface area contributed by atoms with Crippen molar-refractivity contribution in [2.45, 2.75) is 24.9 Å². The number of nitro groups is 1. The number of likely N-dealkylation sites (tertiary alicyclic amines) is 1. The molecule has 2 aromatic carbocycles. The first kappa shape index (κ1) is 19.7. The Labute approximate surface area is 173 Å². The molecule has 0 aromatic heterocycles. The Balaban J connectivity index is 1.63. The zero-order chi connectivity index (χ0) is 21.3. The Morgan fingerprint density at radius 3 is 2.43 bits per heavy atom. The smallest absolute Gasteiger partial charge is 0.407 e. The van der Waals surface area contributed by atoms with Gasteiger partial charge in [-0.2, -0.15) is 0 Å². The van der Waals surface area contributed by atoms with E-state index in [9.17, 15) is 24.8 Å². The van der Waals surface area contributed by atoms with Crippen molar-refractivity contribution >= 4 is 23.4 Å². The SMILES string of the molecule is O=C(O)N1CCC2(CC1)C(=O)N(Cc1cccc([N+](=O)[O-])c1)CN2c1ccccc1. The number of nitrogens with zero attached hydrogens (tertiary/aromatic N) is 4. The molecule has 2 saturated heterocycles. The minimum absolute atomic E-state index is 0.0106. The lowest BCUT2D eigenvalue weighted by Gasteiger charge is -2.42. The predicted molar refractivity (Wildman–Crippen MR) is 109 cm³/mol. The highest BCUT2D eigenvalue weighted by molar-refractivity contribution is 5.93. The molecule has 156 valence electrons. The molecule has 1 spiro atoms. The lowest BCUT2D eigenvalue weighted by Crippen LogP contribution is -2.57. The number of hydrogen-bond donors (Lipinski definition) is 1. The number of benzene rings is 2. The monoisotopic (exact) mass is 410 g/mol. The van der Waals surface area contributed by atoms with Crippen molar-refractivity contribution in [2.24, 2.45) is 0 Å². The van der Waals surface area contributed by atoms with E-state index in [4.69, 9.17) is 0 Å². The van der Waals surface area contributed by atoms with Gasteiger partial charge in [0.15, 0.2) is 0 Å². The molecule has 0 radical (unpaired) electrons. The molecule has 4 rings (SSSR count). The summed E-state index contributed by atoms with van der Waals surface area (Å²) in [4.78, 5) is 40.6. The third-order valence-corrected chi connectivity index (χ3v) is 5.94. The average Bonchev–Trinajstić information content (AvgIpc) is 3.01. The van der Waals surface area contributed by atoms with Crippen LogP contribution in [0.2, 0.25) is 0 Å². The summed E-state index contributed by atoms with van der Waals surface area (Å²) in [6.07, 6.45) is -0.174. The Morgan fingerprint density at radius 1 is 1.10 bits per heavy atom. The first-order chi connectivity index (χ1) is 14.4. The quantitative estimate of drug-likeness (QED) is 0.613. The van der Waals surface area contributed by atoms with Crippen LogP contribution in [0.3, 0.4) is 0 Å². The summed E-state index contributed by atoms with van der Waals surface area (Å²) >= 11 is 0. The van der Waals surface area contributed by atoms with Crippen molar-refractivity contribution in [3.8, 4) is 0 Å². The van der Waals surface area contributed by atoms with Crippen LogP contribution >= 0.6 is 0 Å². The van der Waals surface area contributed by atoms with Gasteiger partial charge < -0.3 is 19.8 Å².